The molecule has 1 fully saturated rings. The van der Waals surface area contributed by atoms with Crippen LogP contribution in [-0.2, 0) is 32.8 Å². The minimum Gasteiger partial charge on any atom is -0.772 e. The number of esters is 1. The Hall–Kier alpha value is -1.24. The molecule has 116 valence electrons. The summed E-state index contributed by atoms with van der Waals surface area (Å²) in [5.74, 6) is -0.174. The molecule has 1 aliphatic heterocycles. The van der Waals surface area contributed by atoms with Crippen molar-refractivity contribution < 1.29 is 18.3 Å². The quantitative estimate of drug-likeness (QED) is 0.655. The second-order valence-electron chi connectivity index (χ2n) is 5.38. The Kier molecular flexibility index (Phi) is 5.90. The number of ether oxygens (including phenoxy) is 1. The van der Waals surface area contributed by atoms with E-state index in [1.54, 1.807) is 0 Å². The predicted octanol–water partition coefficient (Wildman–Crippen LogP) is 1.29. The van der Waals surface area contributed by atoms with E-state index in [1.807, 2.05) is 24.3 Å². The van der Waals surface area contributed by atoms with E-state index in [2.05, 4.69) is 5.32 Å². The van der Waals surface area contributed by atoms with Crippen LogP contribution in [0, 0.1) is 0 Å². The van der Waals surface area contributed by atoms with Gasteiger partial charge in [0.25, 0.3) is 0 Å². The molecular weight excluding hydrogens is 290 g/mol. The third-order valence-electron chi connectivity index (χ3n) is 3.57. The summed E-state index contributed by atoms with van der Waals surface area (Å²) in [6.07, 6.45) is 2.50. The Morgan fingerprint density at radius 2 is 2.05 bits per heavy atom. The molecule has 3 atom stereocenters. The van der Waals surface area contributed by atoms with Crippen LogP contribution in [0.15, 0.2) is 24.3 Å². The summed E-state index contributed by atoms with van der Waals surface area (Å²) in [6, 6.07) is 7.88. The normalized spacial score (nSPS) is 23.5. The number of rotatable bonds is 5. The van der Waals surface area contributed by atoms with Gasteiger partial charge in [-0.05, 0) is 30.5 Å². The number of hydrogen-bond donors (Lipinski definition) is 1. The van der Waals surface area contributed by atoms with E-state index in [0.29, 0.717) is 0 Å². The first-order chi connectivity index (χ1) is 10.0. The van der Waals surface area contributed by atoms with E-state index in [-0.39, 0.29) is 23.9 Å². The van der Waals surface area contributed by atoms with Crippen LogP contribution in [0.3, 0.4) is 0 Å². The van der Waals surface area contributed by atoms with Crippen molar-refractivity contribution in [2.45, 2.75) is 44.1 Å². The number of carbonyl (C=O) groups excluding carboxylic acids is 1. The van der Waals surface area contributed by atoms with Gasteiger partial charge in [0, 0.05) is 25.1 Å². The van der Waals surface area contributed by atoms with Crippen molar-refractivity contribution >= 4 is 17.0 Å². The molecule has 1 aromatic carbocycles. The summed E-state index contributed by atoms with van der Waals surface area (Å²) in [5.41, 5.74) is 1.94. The monoisotopic (exact) mass is 310 g/mol. The molecule has 0 aromatic heterocycles. The molecule has 0 bridgehead atoms. The molecule has 5 nitrogen and oxygen atoms in total. The summed E-state index contributed by atoms with van der Waals surface area (Å²) in [6.45, 7) is 2.28. The number of benzene rings is 1. The molecule has 1 saturated heterocycles. The van der Waals surface area contributed by atoms with E-state index >= 15 is 0 Å². The van der Waals surface area contributed by atoms with Crippen LogP contribution in [0.4, 0.5) is 0 Å². The maximum atomic E-state index is 11.0. The molecule has 2 rings (SSSR count). The van der Waals surface area contributed by atoms with Crippen molar-refractivity contribution in [2.24, 2.45) is 0 Å². The number of nitrogens with one attached hydrogen (secondary N) is 1. The van der Waals surface area contributed by atoms with Gasteiger partial charge in [0.1, 0.15) is 6.10 Å². The van der Waals surface area contributed by atoms with E-state index in [0.717, 1.165) is 36.9 Å². The lowest BCUT2D eigenvalue weighted by molar-refractivity contribution is -0.147. The smallest absolute Gasteiger partial charge is 0.302 e. The number of carbonyl (C=O) groups is 1. The van der Waals surface area contributed by atoms with Gasteiger partial charge in [-0.1, -0.05) is 35.3 Å². The van der Waals surface area contributed by atoms with Crippen molar-refractivity contribution in [3.63, 3.8) is 0 Å². The molecule has 0 saturated carbocycles. The first-order valence-corrected chi connectivity index (χ1v) is 8.31. The van der Waals surface area contributed by atoms with Crippen LogP contribution in [0.1, 0.15) is 30.9 Å². The Morgan fingerprint density at radius 3 is 2.67 bits per heavy atom. The van der Waals surface area contributed by atoms with Crippen molar-refractivity contribution in [3.05, 3.63) is 35.4 Å². The maximum Gasteiger partial charge on any atom is 0.302 e. The third-order valence-corrected chi connectivity index (χ3v) is 4.14. The van der Waals surface area contributed by atoms with E-state index in [1.165, 1.54) is 6.92 Å². The fourth-order valence-electron chi connectivity index (χ4n) is 2.66. The largest absolute Gasteiger partial charge is 0.772 e. The molecule has 3 unspecified atom stereocenters. The predicted molar refractivity (Wildman–Crippen MR) is 79.3 cm³/mol. The number of piperidine rings is 1. The van der Waals surface area contributed by atoms with Crippen LogP contribution < -0.4 is 5.32 Å². The van der Waals surface area contributed by atoms with Crippen molar-refractivity contribution in [2.75, 3.05) is 6.54 Å². The fourth-order valence-corrected chi connectivity index (χ4v) is 3.12. The lowest BCUT2D eigenvalue weighted by atomic mass is 9.95. The first kappa shape index (κ1) is 16.1. The number of hydrogen-bond acceptors (Lipinski definition) is 5. The van der Waals surface area contributed by atoms with Crippen molar-refractivity contribution in [1.82, 2.24) is 5.32 Å². The van der Waals surface area contributed by atoms with Crippen LogP contribution in [0.5, 0.6) is 0 Å². The van der Waals surface area contributed by atoms with Crippen LogP contribution >= 0.6 is 0 Å². The SMILES string of the molecule is CC(=O)OC1CCNC(Cc2ccc(CS(=O)[O-])cc2)C1. The second kappa shape index (κ2) is 7.68. The summed E-state index contributed by atoms with van der Waals surface area (Å²) < 4.78 is 26.6. The van der Waals surface area contributed by atoms with Crippen LogP contribution in [0.2, 0.25) is 0 Å². The zero-order valence-corrected chi connectivity index (χ0v) is 12.9. The Morgan fingerprint density at radius 1 is 1.38 bits per heavy atom. The van der Waals surface area contributed by atoms with Gasteiger partial charge in [-0.25, -0.2) is 0 Å². The highest BCUT2D eigenvalue weighted by molar-refractivity contribution is 7.78. The Bertz CT molecular complexity index is 503. The first-order valence-electron chi connectivity index (χ1n) is 7.07. The molecule has 6 heteroatoms. The van der Waals surface area contributed by atoms with Gasteiger partial charge in [0.05, 0.1) is 0 Å². The standard InChI is InChI=1S/C15H21NO4S/c1-11(17)20-15-6-7-16-14(9-15)8-12-2-4-13(5-3-12)10-21(18)19/h2-5,14-16H,6-10H2,1H3,(H,18,19)/p-1. The molecule has 21 heavy (non-hydrogen) atoms. The molecule has 1 aromatic rings. The highest BCUT2D eigenvalue weighted by Gasteiger charge is 2.23. The molecule has 0 radical (unpaired) electrons. The molecule has 1 heterocycles. The van der Waals surface area contributed by atoms with Gasteiger partial charge in [-0.3, -0.25) is 9.00 Å². The molecule has 1 aliphatic rings. The molecule has 0 amide bonds. The molecule has 0 aliphatic carbocycles. The molecule has 0 spiro atoms. The Labute approximate surface area is 127 Å². The molecule has 1 N–H and O–H groups in total. The zero-order valence-electron chi connectivity index (χ0n) is 12.0. The van der Waals surface area contributed by atoms with Gasteiger partial charge >= 0.3 is 5.97 Å². The van der Waals surface area contributed by atoms with Crippen LogP contribution in [-0.4, -0.2) is 33.4 Å². The second-order valence-corrected chi connectivity index (χ2v) is 6.27. The maximum absolute atomic E-state index is 11.0. The highest BCUT2D eigenvalue weighted by Crippen LogP contribution is 2.17. The third kappa shape index (κ3) is 5.57. The van der Waals surface area contributed by atoms with E-state index in [4.69, 9.17) is 4.74 Å². The Balaban J connectivity index is 1.88. The lowest BCUT2D eigenvalue weighted by Gasteiger charge is -2.30. The zero-order chi connectivity index (χ0) is 15.2. The average molecular weight is 310 g/mol. The van der Waals surface area contributed by atoms with Crippen LogP contribution in [0.25, 0.3) is 0 Å². The lowest BCUT2D eigenvalue weighted by Crippen LogP contribution is -2.42. The minimum absolute atomic E-state index is 0.00379. The molecular formula is C15H20NO4S-. The highest BCUT2D eigenvalue weighted by atomic mass is 32.2. The topological polar surface area (TPSA) is 78.5 Å². The summed E-state index contributed by atoms with van der Waals surface area (Å²) in [7, 11) is 0. The van der Waals surface area contributed by atoms with Crippen molar-refractivity contribution in [1.29, 1.82) is 0 Å². The van der Waals surface area contributed by atoms with Gasteiger partial charge in [0.15, 0.2) is 0 Å². The van der Waals surface area contributed by atoms with Gasteiger partial charge in [0.2, 0.25) is 0 Å². The average Bonchev–Trinajstić information content (AvgIpc) is 2.40. The van der Waals surface area contributed by atoms with Gasteiger partial charge in [-0.15, -0.1) is 0 Å². The summed E-state index contributed by atoms with van der Waals surface area (Å²) in [4.78, 5) is 11.0. The van der Waals surface area contributed by atoms with Crippen molar-refractivity contribution in [3.8, 4) is 0 Å². The van der Waals surface area contributed by atoms with E-state index < -0.39 is 11.1 Å². The van der Waals surface area contributed by atoms with E-state index in [9.17, 15) is 13.6 Å². The fraction of sp³-hybridized carbons (Fsp3) is 0.533. The van der Waals surface area contributed by atoms with Gasteiger partial charge in [-0.2, -0.15) is 0 Å². The van der Waals surface area contributed by atoms with Gasteiger partial charge < -0.3 is 14.6 Å². The minimum atomic E-state index is -2.05. The summed E-state index contributed by atoms with van der Waals surface area (Å²) >= 11 is -2.05. The summed E-state index contributed by atoms with van der Waals surface area (Å²) in [5, 5.41) is 3.43.